The minimum atomic E-state index is -0.174. The number of hydrogen-bond acceptors (Lipinski definition) is 1. The molecule has 0 bridgehead atoms. The molecule has 1 aliphatic rings. The van der Waals surface area contributed by atoms with Crippen molar-refractivity contribution in [2.75, 3.05) is 0 Å². The first-order chi connectivity index (χ1) is 6.15. The molecule has 0 amide bonds. The summed E-state index contributed by atoms with van der Waals surface area (Å²) in [6.07, 6.45) is 2.14. The van der Waals surface area contributed by atoms with Gasteiger partial charge in [-0.3, -0.25) is 0 Å². The standard InChI is InChI=1S/C11H13FO/c1-11(4-5-11)9-3-2-8(7-13)6-10(9)12/h2-3,6,13H,4-5,7H2,1H3. The second-order valence-electron chi connectivity index (χ2n) is 4.03. The van der Waals surface area contributed by atoms with Crippen LogP contribution in [0.15, 0.2) is 18.2 Å². The quantitative estimate of drug-likeness (QED) is 0.740. The van der Waals surface area contributed by atoms with E-state index in [1.807, 2.05) is 0 Å². The van der Waals surface area contributed by atoms with Crippen LogP contribution in [0.25, 0.3) is 0 Å². The highest BCUT2D eigenvalue weighted by atomic mass is 19.1. The van der Waals surface area contributed by atoms with Gasteiger partial charge in [-0.2, -0.15) is 0 Å². The Hall–Kier alpha value is -0.890. The summed E-state index contributed by atoms with van der Waals surface area (Å²) in [6, 6.07) is 5.02. The molecule has 70 valence electrons. The van der Waals surface area contributed by atoms with Gasteiger partial charge in [0.15, 0.2) is 0 Å². The van der Waals surface area contributed by atoms with Crippen molar-refractivity contribution in [3.05, 3.63) is 35.1 Å². The molecule has 1 aromatic carbocycles. The molecular weight excluding hydrogens is 167 g/mol. The first kappa shape index (κ1) is 8.70. The summed E-state index contributed by atoms with van der Waals surface area (Å²) in [5.74, 6) is -0.174. The highest BCUT2D eigenvalue weighted by Gasteiger charge is 2.40. The first-order valence-electron chi connectivity index (χ1n) is 4.55. The molecule has 1 aromatic rings. The molecule has 0 aromatic heterocycles. The lowest BCUT2D eigenvalue weighted by Gasteiger charge is -2.10. The van der Waals surface area contributed by atoms with Crippen molar-refractivity contribution in [1.29, 1.82) is 0 Å². The topological polar surface area (TPSA) is 20.2 Å². The van der Waals surface area contributed by atoms with Crippen LogP contribution in [-0.2, 0) is 12.0 Å². The summed E-state index contributed by atoms with van der Waals surface area (Å²) >= 11 is 0. The Bertz CT molecular complexity index is 329. The van der Waals surface area contributed by atoms with Gasteiger partial charge in [-0.15, -0.1) is 0 Å². The largest absolute Gasteiger partial charge is 0.392 e. The molecule has 1 aliphatic carbocycles. The Kier molecular flexibility index (Phi) is 1.88. The van der Waals surface area contributed by atoms with Gasteiger partial charge in [0.1, 0.15) is 5.82 Å². The van der Waals surface area contributed by atoms with Crippen LogP contribution in [0.4, 0.5) is 4.39 Å². The summed E-state index contributed by atoms with van der Waals surface area (Å²) < 4.78 is 13.5. The molecule has 2 heteroatoms. The van der Waals surface area contributed by atoms with E-state index in [2.05, 4.69) is 6.92 Å². The predicted octanol–water partition coefficient (Wildman–Crippen LogP) is 2.37. The van der Waals surface area contributed by atoms with E-state index in [-0.39, 0.29) is 17.8 Å². The maximum absolute atomic E-state index is 13.5. The number of hydrogen-bond donors (Lipinski definition) is 1. The molecule has 1 fully saturated rings. The van der Waals surface area contributed by atoms with E-state index in [1.54, 1.807) is 12.1 Å². The lowest BCUT2D eigenvalue weighted by molar-refractivity contribution is 0.281. The molecule has 0 radical (unpaired) electrons. The Labute approximate surface area is 77.2 Å². The fraction of sp³-hybridized carbons (Fsp3) is 0.455. The average molecular weight is 180 g/mol. The van der Waals surface area contributed by atoms with Gasteiger partial charge < -0.3 is 5.11 Å². The second-order valence-corrected chi connectivity index (χ2v) is 4.03. The normalized spacial score (nSPS) is 18.7. The van der Waals surface area contributed by atoms with Gasteiger partial charge in [-0.1, -0.05) is 19.1 Å². The fourth-order valence-corrected chi connectivity index (χ4v) is 1.60. The molecule has 0 heterocycles. The average Bonchev–Trinajstić information content (AvgIpc) is 2.84. The van der Waals surface area contributed by atoms with E-state index in [0.717, 1.165) is 18.4 Å². The maximum atomic E-state index is 13.5. The molecule has 0 unspecified atom stereocenters. The minimum Gasteiger partial charge on any atom is -0.392 e. The van der Waals surface area contributed by atoms with Crippen molar-refractivity contribution in [2.24, 2.45) is 0 Å². The van der Waals surface area contributed by atoms with Crippen LogP contribution < -0.4 is 0 Å². The lowest BCUT2D eigenvalue weighted by atomic mass is 9.96. The van der Waals surface area contributed by atoms with Crippen LogP contribution in [0.1, 0.15) is 30.9 Å². The van der Waals surface area contributed by atoms with Gasteiger partial charge in [0.2, 0.25) is 0 Å². The van der Waals surface area contributed by atoms with E-state index >= 15 is 0 Å². The molecule has 0 aliphatic heterocycles. The Morgan fingerprint density at radius 3 is 2.62 bits per heavy atom. The van der Waals surface area contributed by atoms with Crippen LogP contribution in [-0.4, -0.2) is 5.11 Å². The number of aliphatic hydroxyl groups excluding tert-OH is 1. The van der Waals surface area contributed by atoms with Crippen LogP contribution in [0.5, 0.6) is 0 Å². The van der Waals surface area contributed by atoms with Gasteiger partial charge >= 0.3 is 0 Å². The monoisotopic (exact) mass is 180 g/mol. The van der Waals surface area contributed by atoms with Gasteiger partial charge in [0, 0.05) is 0 Å². The molecule has 2 rings (SSSR count). The summed E-state index contributed by atoms with van der Waals surface area (Å²) in [5.41, 5.74) is 1.51. The van der Waals surface area contributed by atoms with Crippen molar-refractivity contribution >= 4 is 0 Å². The van der Waals surface area contributed by atoms with E-state index in [9.17, 15) is 4.39 Å². The van der Waals surface area contributed by atoms with Crippen molar-refractivity contribution in [3.63, 3.8) is 0 Å². The van der Waals surface area contributed by atoms with Gasteiger partial charge in [-0.05, 0) is 35.4 Å². The van der Waals surface area contributed by atoms with Crippen LogP contribution in [0.2, 0.25) is 0 Å². The van der Waals surface area contributed by atoms with Gasteiger partial charge in [0.05, 0.1) is 6.61 Å². The van der Waals surface area contributed by atoms with Crippen LogP contribution >= 0.6 is 0 Å². The lowest BCUT2D eigenvalue weighted by Crippen LogP contribution is -2.03. The van der Waals surface area contributed by atoms with Crippen LogP contribution in [0, 0.1) is 5.82 Å². The molecule has 13 heavy (non-hydrogen) atoms. The van der Waals surface area contributed by atoms with E-state index in [0.29, 0.717) is 5.56 Å². The third kappa shape index (κ3) is 1.46. The van der Waals surface area contributed by atoms with Crippen LogP contribution in [0.3, 0.4) is 0 Å². The fourth-order valence-electron chi connectivity index (χ4n) is 1.60. The minimum absolute atomic E-state index is 0.0675. The highest BCUT2D eigenvalue weighted by molar-refractivity contribution is 5.33. The summed E-state index contributed by atoms with van der Waals surface area (Å²) in [4.78, 5) is 0. The smallest absolute Gasteiger partial charge is 0.127 e. The first-order valence-corrected chi connectivity index (χ1v) is 4.55. The zero-order valence-corrected chi connectivity index (χ0v) is 7.68. The predicted molar refractivity (Wildman–Crippen MR) is 48.9 cm³/mol. The van der Waals surface area contributed by atoms with Crippen molar-refractivity contribution in [2.45, 2.75) is 31.8 Å². The van der Waals surface area contributed by atoms with E-state index in [1.165, 1.54) is 6.07 Å². The molecular formula is C11H13FO. The van der Waals surface area contributed by atoms with Crippen molar-refractivity contribution in [3.8, 4) is 0 Å². The molecule has 0 spiro atoms. The van der Waals surface area contributed by atoms with Crippen molar-refractivity contribution in [1.82, 2.24) is 0 Å². The third-order valence-corrected chi connectivity index (χ3v) is 2.87. The molecule has 0 saturated heterocycles. The van der Waals surface area contributed by atoms with Gasteiger partial charge in [0.25, 0.3) is 0 Å². The number of aliphatic hydroxyl groups is 1. The van der Waals surface area contributed by atoms with E-state index < -0.39 is 0 Å². The van der Waals surface area contributed by atoms with Crippen molar-refractivity contribution < 1.29 is 9.50 Å². The Morgan fingerprint density at radius 1 is 1.46 bits per heavy atom. The molecule has 0 atom stereocenters. The second kappa shape index (κ2) is 2.81. The summed E-state index contributed by atoms with van der Waals surface area (Å²) in [5, 5.41) is 8.80. The molecule has 1 N–H and O–H groups in total. The maximum Gasteiger partial charge on any atom is 0.127 e. The SMILES string of the molecule is CC1(c2ccc(CO)cc2F)CC1. The third-order valence-electron chi connectivity index (χ3n) is 2.87. The number of benzene rings is 1. The number of rotatable bonds is 2. The Morgan fingerprint density at radius 2 is 2.15 bits per heavy atom. The Balaban J connectivity index is 2.38. The van der Waals surface area contributed by atoms with E-state index in [4.69, 9.17) is 5.11 Å². The summed E-state index contributed by atoms with van der Waals surface area (Å²) in [7, 11) is 0. The number of halogens is 1. The molecule has 1 nitrogen and oxygen atoms in total. The van der Waals surface area contributed by atoms with Gasteiger partial charge in [-0.25, -0.2) is 4.39 Å². The zero-order valence-electron chi connectivity index (χ0n) is 7.68. The summed E-state index contributed by atoms with van der Waals surface area (Å²) in [6.45, 7) is 1.98. The zero-order chi connectivity index (χ0) is 9.47. The molecule has 1 saturated carbocycles. The highest BCUT2D eigenvalue weighted by Crippen LogP contribution is 2.48.